The molecule has 160 valence electrons. The van der Waals surface area contributed by atoms with Crippen LogP contribution in [0.3, 0.4) is 0 Å². The minimum Gasteiger partial charge on any atom is -0.375 e. The largest absolute Gasteiger partial charge is 0.375 e. The number of carbonyl (C=O) groups excluding carboxylic acids is 3. The molecule has 0 atom stereocenters. The third-order valence-electron chi connectivity index (χ3n) is 4.07. The van der Waals surface area contributed by atoms with Gasteiger partial charge >= 0.3 is 0 Å². The van der Waals surface area contributed by atoms with E-state index in [-0.39, 0.29) is 24.3 Å². The van der Waals surface area contributed by atoms with Crippen molar-refractivity contribution in [2.24, 2.45) is 0 Å². The van der Waals surface area contributed by atoms with Crippen LogP contribution in [0.4, 0.5) is 22.7 Å². The Kier molecular flexibility index (Phi) is 9.15. The SMILES string of the molecule is CCCC(=O)Nc1cccc(NC(=O)CNc2cc(NC(=O)CCC)ccc2Cl)c1. The van der Waals surface area contributed by atoms with E-state index in [0.29, 0.717) is 40.6 Å². The molecular formula is C22H27ClN4O3. The smallest absolute Gasteiger partial charge is 0.243 e. The van der Waals surface area contributed by atoms with Gasteiger partial charge in [-0.3, -0.25) is 14.4 Å². The first kappa shape index (κ1) is 23.2. The summed E-state index contributed by atoms with van der Waals surface area (Å²) in [5.41, 5.74) is 2.35. The van der Waals surface area contributed by atoms with Crippen molar-refractivity contribution in [3.05, 3.63) is 47.5 Å². The number of anilines is 4. The molecule has 0 aliphatic carbocycles. The summed E-state index contributed by atoms with van der Waals surface area (Å²) < 4.78 is 0. The standard InChI is InChI=1S/C22H27ClN4O3/c1-3-6-20(28)25-15-8-5-9-16(12-15)27-22(30)14-24-19-13-17(10-11-18(19)23)26-21(29)7-4-2/h5,8-13,24H,3-4,6-7,14H2,1-2H3,(H,25,28)(H,26,29)(H,27,30). The quantitative estimate of drug-likeness (QED) is 0.432. The highest BCUT2D eigenvalue weighted by Gasteiger charge is 2.08. The normalized spacial score (nSPS) is 10.2. The summed E-state index contributed by atoms with van der Waals surface area (Å²) in [6.07, 6.45) is 2.40. The lowest BCUT2D eigenvalue weighted by Crippen LogP contribution is -2.22. The van der Waals surface area contributed by atoms with Gasteiger partial charge in [0, 0.05) is 29.9 Å². The zero-order chi connectivity index (χ0) is 21.9. The van der Waals surface area contributed by atoms with Crippen LogP contribution in [0.15, 0.2) is 42.5 Å². The molecule has 4 N–H and O–H groups in total. The lowest BCUT2D eigenvalue weighted by atomic mass is 10.2. The van der Waals surface area contributed by atoms with Crippen LogP contribution < -0.4 is 21.3 Å². The van der Waals surface area contributed by atoms with Gasteiger partial charge in [0.1, 0.15) is 0 Å². The fourth-order valence-electron chi connectivity index (χ4n) is 2.69. The summed E-state index contributed by atoms with van der Waals surface area (Å²) >= 11 is 6.19. The molecule has 2 aromatic carbocycles. The van der Waals surface area contributed by atoms with Crippen molar-refractivity contribution in [2.75, 3.05) is 27.8 Å². The second-order valence-electron chi connectivity index (χ2n) is 6.77. The summed E-state index contributed by atoms with van der Waals surface area (Å²) in [7, 11) is 0. The Morgan fingerprint density at radius 2 is 1.30 bits per heavy atom. The fraction of sp³-hybridized carbons (Fsp3) is 0.318. The van der Waals surface area contributed by atoms with Crippen molar-refractivity contribution in [3.63, 3.8) is 0 Å². The lowest BCUT2D eigenvalue weighted by molar-refractivity contribution is -0.117. The molecule has 0 aromatic heterocycles. The Labute approximate surface area is 181 Å². The van der Waals surface area contributed by atoms with Gasteiger partial charge in [-0.15, -0.1) is 0 Å². The van der Waals surface area contributed by atoms with Crippen LogP contribution in [-0.4, -0.2) is 24.3 Å². The minimum absolute atomic E-state index is 0.0154. The maximum Gasteiger partial charge on any atom is 0.243 e. The topological polar surface area (TPSA) is 99.3 Å². The molecule has 0 spiro atoms. The van der Waals surface area contributed by atoms with Gasteiger partial charge in [0.2, 0.25) is 17.7 Å². The van der Waals surface area contributed by atoms with Gasteiger partial charge in [0.15, 0.2) is 0 Å². The molecule has 0 heterocycles. The molecule has 0 saturated heterocycles. The van der Waals surface area contributed by atoms with Gasteiger partial charge in [-0.05, 0) is 49.2 Å². The summed E-state index contributed by atoms with van der Waals surface area (Å²) in [5, 5.41) is 11.8. The molecule has 30 heavy (non-hydrogen) atoms. The van der Waals surface area contributed by atoms with E-state index in [1.165, 1.54) is 0 Å². The van der Waals surface area contributed by atoms with Crippen LogP contribution in [-0.2, 0) is 14.4 Å². The van der Waals surface area contributed by atoms with E-state index in [4.69, 9.17) is 11.6 Å². The monoisotopic (exact) mass is 430 g/mol. The van der Waals surface area contributed by atoms with Gasteiger partial charge in [-0.2, -0.15) is 0 Å². The first-order valence-corrected chi connectivity index (χ1v) is 10.3. The Balaban J connectivity index is 1.93. The zero-order valence-corrected chi connectivity index (χ0v) is 17.9. The zero-order valence-electron chi connectivity index (χ0n) is 17.2. The highest BCUT2D eigenvalue weighted by Crippen LogP contribution is 2.25. The maximum absolute atomic E-state index is 12.3. The predicted octanol–water partition coefficient (Wildman–Crippen LogP) is 4.87. The molecule has 0 aliphatic heterocycles. The Bertz CT molecular complexity index is 902. The third-order valence-corrected chi connectivity index (χ3v) is 4.40. The molecule has 0 radical (unpaired) electrons. The molecule has 0 aliphatic rings. The van der Waals surface area contributed by atoms with Gasteiger partial charge < -0.3 is 21.3 Å². The first-order valence-electron chi connectivity index (χ1n) is 9.94. The number of hydrogen-bond donors (Lipinski definition) is 4. The third kappa shape index (κ3) is 7.75. The van der Waals surface area contributed by atoms with Crippen molar-refractivity contribution < 1.29 is 14.4 Å². The molecule has 0 fully saturated rings. The number of nitrogens with one attached hydrogen (secondary N) is 4. The molecule has 2 rings (SSSR count). The van der Waals surface area contributed by atoms with E-state index < -0.39 is 0 Å². The first-order chi connectivity index (χ1) is 14.4. The minimum atomic E-state index is -0.275. The Morgan fingerprint density at radius 1 is 0.767 bits per heavy atom. The van der Waals surface area contributed by atoms with E-state index in [2.05, 4.69) is 21.3 Å². The van der Waals surface area contributed by atoms with Crippen molar-refractivity contribution in [3.8, 4) is 0 Å². The Morgan fingerprint density at radius 3 is 1.87 bits per heavy atom. The van der Waals surface area contributed by atoms with Crippen molar-refractivity contribution in [1.82, 2.24) is 0 Å². The number of halogens is 1. The van der Waals surface area contributed by atoms with Crippen LogP contribution in [0, 0.1) is 0 Å². The second kappa shape index (κ2) is 11.8. The Hall–Kier alpha value is -3.06. The van der Waals surface area contributed by atoms with Crippen LogP contribution in [0.1, 0.15) is 39.5 Å². The van der Waals surface area contributed by atoms with Crippen LogP contribution in [0.25, 0.3) is 0 Å². The predicted molar refractivity (Wildman–Crippen MR) is 122 cm³/mol. The van der Waals surface area contributed by atoms with Crippen molar-refractivity contribution in [2.45, 2.75) is 39.5 Å². The number of benzene rings is 2. The van der Waals surface area contributed by atoms with Crippen molar-refractivity contribution in [1.29, 1.82) is 0 Å². The molecule has 0 bridgehead atoms. The van der Waals surface area contributed by atoms with Gasteiger partial charge in [0.05, 0.1) is 17.3 Å². The summed E-state index contributed by atoms with van der Waals surface area (Å²) in [6, 6.07) is 12.0. The average Bonchev–Trinajstić information content (AvgIpc) is 2.69. The van der Waals surface area contributed by atoms with Gasteiger partial charge in [-0.1, -0.05) is 31.5 Å². The van der Waals surface area contributed by atoms with E-state index >= 15 is 0 Å². The molecule has 8 heteroatoms. The fourth-order valence-corrected chi connectivity index (χ4v) is 2.88. The van der Waals surface area contributed by atoms with Crippen molar-refractivity contribution >= 4 is 52.1 Å². The highest BCUT2D eigenvalue weighted by atomic mass is 35.5. The molecule has 0 saturated carbocycles. The molecule has 7 nitrogen and oxygen atoms in total. The van der Waals surface area contributed by atoms with Gasteiger partial charge in [-0.25, -0.2) is 0 Å². The van der Waals surface area contributed by atoms with E-state index in [1.807, 2.05) is 13.8 Å². The number of amides is 3. The van der Waals surface area contributed by atoms with Crippen LogP contribution in [0.2, 0.25) is 5.02 Å². The molecule has 3 amide bonds. The van der Waals surface area contributed by atoms with E-state index in [9.17, 15) is 14.4 Å². The lowest BCUT2D eigenvalue weighted by Gasteiger charge is -2.12. The summed E-state index contributed by atoms with van der Waals surface area (Å²) in [5.74, 6) is -0.416. The number of carbonyl (C=O) groups is 3. The van der Waals surface area contributed by atoms with Crippen LogP contribution >= 0.6 is 11.6 Å². The van der Waals surface area contributed by atoms with E-state index in [1.54, 1.807) is 42.5 Å². The highest BCUT2D eigenvalue weighted by molar-refractivity contribution is 6.33. The molecular weight excluding hydrogens is 404 g/mol. The summed E-state index contributed by atoms with van der Waals surface area (Å²) in [4.78, 5) is 35.8. The van der Waals surface area contributed by atoms with Crippen LogP contribution in [0.5, 0.6) is 0 Å². The van der Waals surface area contributed by atoms with Gasteiger partial charge in [0.25, 0.3) is 0 Å². The maximum atomic E-state index is 12.3. The number of hydrogen-bond acceptors (Lipinski definition) is 4. The molecule has 0 unspecified atom stereocenters. The molecule has 2 aromatic rings. The van der Waals surface area contributed by atoms with E-state index in [0.717, 1.165) is 12.8 Å². The second-order valence-corrected chi connectivity index (χ2v) is 7.18. The average molecular weight is 431 g/mol. The summed E-state index contributed by atoms with van der Waals surface area (Å²) in [6.45, 7) is 3.85. The number of rotatable bonds is 10.